The first-order valence-electron chi connectivity index (χ1n) is 8.80. The van der Waals surface area contributed by atoms with E-state index in [-0.39, 0.29) is 31.0 Å². The maximum absolute atomic E-state index is 10.7. The summed E-state index contributed by atoms with van der Waals surface area (Å²) in [5.41, 5.74) is 0. The smallest absolute Gasteiger partial charge is 1.00 e. The van der Waals surface area contributed by atoms with Crippen LogP contribution in [-0.4, -0.2) is 11.2 Å². The molecule has 0 aliphatic rings. The number of hydrogen-bond donors (Lipinski definition) is 1. The molecule has 0 spiro atoms. The topological polar surface area (TPSA) is 46.5 Å². The summed E-state index contributed by atoms with van der Waals surface area (Å²) in [5.74, 6) is -0.521. The van der Waals surface area contributed by atoms with Gasteiger partial charge in [-0.05, 0) is 32.1 Å². The molecule has 0 radical (unpaired) electrons. The summed E-state index contributed by atoms with van der Waals surface area (Å²) in [6.07, 6.45) is 21.1. The Morgan fingerprint density at radius 2 is 1.32 bits per heavy atom. The molecule has 0 saturated carbocycles. The first-order valence-corrected chi connectivity index (χ1v) is 8.80. The Morgan fingerprint density at radius 1 is 0.864 bits per heavy atom. The van der Waals surface area contributed by atoms with E-state index in [2.05, 4.69) is 24.0 Å². The summed E-state index contributed by atoms with van der Waals surface area (Å²) < 4.78 is 0. The van der Waals surface area contributed by atoms with E-state index in [0.717, 1.165) is 19.3 Å². The number of carbonyl (C=O) groups is 1. The Kier molecular flexibility index (Phi) is 23.5. The van der Waals surface area contributed by atoms with Crippen molar-refractivity contribution >= 4 is 5.97 Å². The average molecular weight is 322 g/mol. The van der Waals surface area contributed by atoms with Crippen LogP contribution in [-0.2, 0) is 9.68 Å². The van der Waals surface area contributed by atoms with Crippen molar-refractivity contribution in [1.29, 1.82) is 0 Å². The number of rotatable bonds is 15. The van der Waals surface area contributed by atoms with Crippen LogP contribution >= 0.6 is 0 Å². The van der Waals surface area contributed by atoms with Gasteiger partial charge in [0.1, 0.15) is 0 Å². The third kappa shape index (κ3) is 20.2. The largest absolute Gasteiger partial charge is 1.00 e. The van der Waals surface area contributed by atoms with Gasteiger partial charge < -0.3 is 6.31 Å². The van der Waals surface area contributed by atoms with Crippen molar-refractivity contribution in [2.24, 2.45) is 0 Å². The predicted octanol–water partition coefficient (Wildman–Crippen LogP) is 3.16. The molecule has 0 aromatic carbocycles. The van der Waals surface area contributed by atoms with Crippen molar-refractivity contribution in [1.82, 2.24) is 0 Å². The van der Waals surface area contributed by atoms with Gasteiger partial charge >= 0.3 is 35.5 Å². The van der Waals surface area contributed by atoms with Crippen molar-refractivity contribution < 1.29 is 45.9 Å². The van der Waals surface area contributed by atoms with Gasteiger partial charge in [0.2, 0.25) is 0 Å². The van der Waals surface area contributed by atoms with Gasteiger partial charge in [0.05, 0.1) is 0 Å². The minimum absolute atomic E-state index is 0. The molecule has 0 aromatic rings. The fourth-order valence-electron chi connectivity index (χ4n) is 2.39. The average Bonchev–Trinajstić information content (AvgIpc) is 2.50. The molecule has 0 heterocycles. The van der Waals surface area contributed by atoms with Gasteiger partial charge in [0.15, 0.2) is 0 Å². The van der Waals surface area contributed by atoms with Crippen LogP contribution in [0.3, 0.4) is 0 Å². The number of carbonyl (C=O) groups excluding carboxylic acids is 1. The van der Waals surface area contributed by atoms with Gasteiger partial charge in [0, 0.05) is 6.42 Å². The molecule has 0 fully saturated rings. The van der Waals surface area contributed by atoms with E-state index in [9.17, 15) is 4.79 Å². The van der Waals surface area contributed by atoms with Crippen molar-refractivity contribution in [2.75, 3.05) is 0 Å². The molecule has 126 valence electrons. The SMILES string of the molecule is CCCCCCCC/C=C\CCCCCCCC(=O)OO.[H-].[Na+]. The van der Waals surface area contributed by atoms with E-state index < -0.39 is 5.97 Å². The van der Waals surface area contributed by atoms with Gasteiger partial charge in [0.25, 0.3) is 0 Å². The van der Waals surface area contributed by atoms with E-state index in [1.807, 2.05) is 0 Å². The molecule has 0 saturated heterocycles. The van der Waals surface area contributed by atoms with Crippen LogP contribution in [0, 0.1) is 0 Å². The molecule has 22 heavy (non-hydrogen) atoms. The first-order chi connectivity index (χ1) is 10.3. The maximum Gasteiger partial charge on any atom is 1.00 e. The zero-order valence-electron chi connectivity index (χ0n) is 15.8. The fraction of sp³-hybridized carbons (Fsp3) is 0.833. The number of hydrogen-bond acceptors (Lipinski definition) is 3. The Hall–Kier alpha value is 0.170. The minimum Gasteiger partial charge on any atom is -1.00 e. The number of allylic oxidation sites excluding steroid dienone is 2. The molecule has 3 nitrogen and oxygen atoms in total. The zero-order valence-corrected chi connectivity index (χ0v) is 16.8. The van der Waals surface area contributed by atoms with Gasteiger partial charge in [-0.3, -0.25) is 0 Å². The predicted molar refractivity (Wildman–Crippen MR) is 89.3 cm³/mol. The van der Waals surface area contributed by atoms with Gasteiger partial charge in [-0.15, -0.1) is 0 Å². The Balaban J connectivity index is -0.00000200. The summed E-state index contributed by atoms with van der Waals surface area (Å²) in [6, 6.07) is 0. The van der Waals surface area contributed by atoms with E-state index in [4.69, 9.17) is 5.26 Å². The molecule has 0 aromatic heterocycles. The molecular weight excluding hydrogens is 287 g/mol. The number of unbranched alkanes of at least 4 members (excludes halogenated alkanes) is 11. The summed E-state index contributed by atoms with van der Waals surface area (Å²) in [4.78, 5) is 14.3. The van der Waals surface area contributed by atoms with Crippen LogP contribution in [0.2, 0.25) is 0 Å². The van der Waals surface area contributed by atoms with Crippen molar-refractivity contribution in [3.63, 3.8) is 0 Å². The third-order valence-corrected chi connectivity index (χ3v) is 3.74. The molecule has 0 rings (SSSR count). The van der Waals surface area contributed by atoms with E-state index in [1.165, 1.54) is 64.2 Å². The molecule has 0 bridgehead atoms. The summed E-state index contributed by atoms with van der Waals surface area (Å²) in [5, 5.41) is 8.09. The van der Waals surface area contributed by atoms with Crippen molar-refractivity contribution in [3.8, 4) is 0 Å². The molecule has 0 aliphatic carbocycles. The Morgan fingerprint density at radius 3 is 1.82 bits per heavy atom. The van der Waals surface area contributed by atoms with Gasteiger partial charge in [-0.1, -0.05) is 70.4 Å². The van der Waals surface area contributed by atoms with Crippen LogP contribution in [0.5, 0.6) is 0 Å². The standard InChI is InChI=1S/C18H34O3.Na.H/c1-2-3-4-5-6-7-8-9-10-11-12-13-14-15-16-17-18(19)21-20;;/h9-10,20H,2-8,11-17H2,1H3;;/q;+1;-1/b10-9-;;. The third-order valence-electron chi connectivity index (χ3n) is 3.74. The summed E-state index contributed by atoms with van der Waals surface area (Å²) in [7, 11) is 0. The second-order valence-electron chi connectivity index (χ2n) is 5.80. The molecule has 0 unspecified atom stereocenters. The van der Waals surface area contributed by atoms with Crippen molar-refractivity contribution in [3.05, 3.63) is 12.2 Å². The molecule has 0 amide bonds. The quantitative estimate of drug-likeness (QED) is 0.166. The van der Waals surface area contributed by atoms with Gasteiger partial charge in [-0.25, -0.2) is 4.79 Å². The molecule has 0 aliphatic heterocycles. The fourth-order valence-corrected chi connectivity index (χ4v) is 2.39. The monoisotopic (exact) mass is 322 g/mol. The molecule has 0 atom stereocenters. The molecule has 1 N–H and O–H groups in total. The van der Waals surface area contributed by atoms with Crippen LogP contribution in [0.25, 0.3) is 0 Å². The second kappa shape index (κ2) is 21.2. The van der Waals surface area contributed by atoms with E-state index >= 15 is 0 Å². The van der Waals surface area contributed by atoms with E-state index in [0.29, 0.717) is 6.42 Å². The Bertz CT molecular complexity index is 261. The van der Waals surface area contributed by atoms with E-state index in [1.54, 1.807) is 0 Å². The summed E-state index contributed by atoms with van der Waals surface area (Å²) >= 11 is 0. The zero-order chi connectivity index (χ0) is 15.6. The second-order valence-corrected chi connectivity index (χ2v) is 5.80. The first kappa shape index (κ1) is 24.4. The van der Waals surface area contributed by atoms with Crippen LogP contribution in [0.4, 0.5) is 0 Å². The van der Waals surface area contributed by atoms with Crippen LogP contribution in [0.15, 0.2) is 12.2 Å². The van der Waals surface area contributed by atoms with Crippen molar-refractivity contribution in [2.45, 2.75) is 96.8 Å². The molecule has 4 heteroatoms. The van der Waals surface area contributed by atoms with Crippen LogP contribution < -0.4 is 29.6 Å². The Labute approximate surface area is 160 Å². The minimum atomic E-state index is -0.521. The molecular formula is C18H35NaO3. The van der Waals surface area contributed by atoms with Crippen LogP contribution in [0.1, 0.15) is 98.2 Å². The normalized spacial score (nSPS) is 10.6. The summed E-state index contributed by atoms with van der Waals surface area (Å²) in [6.45, 7) is 2.26. The van der Waals surface area contributed by atoms with Gasteiger partial charge in [-0.2, -0.15) is 5.26 Å². The maximum atomic E-state index is 10.7.